The molecule has 1 amide bonds. The first-order valence-electron chi connectivity index (χ1n) is 7.23. The topological polar surface area (TPSA) is 78.7 Å². The molecule has 2 aliphatic heterocycles. The molecule has 2 aliphatic rings. The third-order valence-corrected chi connectivity index (χ3v) is 4.19. The molecule has 2 saturated heterocycles. The number of carbonyl (C=O) groups is 1. The number of piperazine rings is 1. The molecule has 0 unspecified atom stereocenters. The molecule has 0 spiro atoms. The molecule has 8 nitrogen and oxygen atoms in total. The van der Waals surface area contributed by atoms with E-state index in [1.54, 1.807) is 10.8 Å². The largest absolute Gasteiger partial charge is 0.352 e. The lowest BCUT2D eigenvalue weighted by Gasteiger charge is -2.38. The molecule has 0 aromatic carbocycles. The van der Waals surface area contributed by atoms with Crippen molar-refractivity contribution in [2.45, 2.75) is 0 Å². The third kappa shape index (κ3) is 2.59. The van der Waals surface area contributed by atoms with Gasteiger partial charge in [-0.2, -0.15) is 4.52 Å². The monoisotopic (exact) mass is 323 g/mol. The number of anilines is 1. The smallest absolute Gasteiger partial charge is 0.228 e. The Kier molecular flexibility index (Phi) is 4.12. The van der Waals surface area contributed by atoms with Crippen LogP contribution in [-0.4, -0.2) is 69.9 Å². The fraction of sp³-hybridized carbons (Fsp3) is 0.538. The fourth-order valence-electron chi connectivity index (χ4n) is 2.76. The van der Waals surface area contributed by atoms with Crippen LogP contribution in [-0.2, 0) is 4.79 Å². The molecule has 4 rings (SSSR count). The Balaban J connectivity index is 0.00000144. The van der Waals surface area contributed by atoms with E-state index in [2.05, 4.69) is 25.5 Å². The van der Waals surface area contributed by atoms with E-state index in [0.29, 0.717) is 0 Å². The van der Waals surface area contributed by atoms with Gasteiger partial charge in [-0.15, -0.1) is 27.7 Å². The Morgan fingerprint density at radius 3 is 2.64 bits per heavy atom. The number of fused-ring (bicyclic) bond motifs is 1. The van der Waals surface area contributed by atoms with E-state index < -0.39 is 0 Å². The maximum Gasteiger partial charge on any atom is 0.228 e. The summed E-state index contributed by atoms with van der Waals surface area (Å²) in [5, 5.41) is 15.4. The predicted molar refractivity (Wildman–Crippen MR) is 83.2 cm³/mol. The summed E-state index contributed by atoms with van der Waals surface area (Å²) >= 11 is 0. The van der Waals surface area contributed by atoms with Gasteiger partial charge < -0.3 is 15.1 Å². The van der Waals surface area contributed by atoms with Gasteiger partial charge in [-0.3, -0.25) is 4.79 Å². The molecular weight excluding hydrogens is 306 g/mol. The molecule has 4 heterocycles. The number of nitrogens with one attached hydrogen (secondary N) is 1. The van der Waals surface area contributed by atoms with Gasteiger partial charge in [0.25, 0.3) is 0 Å². The summed E-state index contributed by atoms with van der Waals surface area (Å²) in [6, 6.07) is 3.87. The summed E-state index contributed by atoms with van der Waals surface area (Å²) in [4.78, 5) is 16.4. The molecule has 2 aromatic rings. The average Bonchev–Trinajstić information content (AvgIpc) is 2.93. The molecule has 9 heteroatoms. The Morgan fingerprint density at radius 1 is 1.18 bits per heavy atom. The van der Waals surface area contributed by atoms with Crippen LogP contribution < -0.4 is 10.2 Å². The Morgan fingerprint density at radius 2 is 1.95 bits per heavy atom. The Labute approximate surface area is 133 Å². The number of hydrogen-bond acceptors (Lipinski definition) is 6. The van der Waals surface area contributed by atoms with E-state index in [9.17, 15) is 4.79 Å². The number of halogens is 1. The molecule has 2 fully saturated rings. The minimum atomic E-state index is 0. The van der Waals surface area contributed by atoms with Crippen LogP contribution in [0.1, 0.15) is 0 Å². The first kappa shape index (κ1) is 15.0. The third-order valence-electron chi connectivity index (χ3n) is 4.19. The second kappa shape index (κ2) is 6.05. The lowest BCUT2D eigenvalue weighted by molar-refractivity contribution is -0.137. The maximum atomic E-state index is 12.2. The normalized spacial score (nSPS) is 18.9. The highest BCUT2D eigenvalue weighted by molar-refractivity contribution is 5.85. The molecule has 0 aliphatic carbocycles. The Bertz CT molecular complexity index is 663. The van der Waals surface area contributed by atoms with Crippen molar-refractivity contribution in [3.8, 4) is 0 Å². The number of aromatic nitrogens is 4. The van der Waals surface area contributed by atoms with Crippen LogP contribution in [0.15, 0.2) is 18.5 Å². The zero-order chi connectivity index (χ0) is 14.2. The molecular formula is C13H18ClN7O. The van der Waals surface area contributed by atoms with Gasteiger partial charge in [-0.05, 0) is 12.1 Å². The van der Waals surface area contributed by atoms with Crippen molar-refractivity contribution in [3.05, 3.63) is 18.5 Å². The second-order valence-corrected chi connectivity index (χ2v) is 5.49. The highest BCUT2D eigenvalue weighted by Gasteiger charge is 2.31. The lowest BCUT2D eigenvalue weighted by atomic mass is 10.0. The van der Waals surface area contributed by atoms with Gasteiger partial charge in [0.05, 0.1) is 5.92 Å². The lowest BCUT2D eigenvalue weighted by Crippen LogP contribution is -2.56. The second-order valence-electron chi connectivity index (χ2n) is 5.49. The average molecular weight is 324 g/mol. The molecule has 22 heavy (non-hydrogen) atoms. The van der Waals surface area contributed by atoms with Crippen LogP contribution in [0.3, 0.4) is 0 Å². The van der Waals surface area contributed by atoms with Crippen LogP contribution in [0.25, 0.3) is 5.65 Å². The van der Waals surface area contributed by atoms with Gasteiger partial charge in [-0.1, -0.05) is 0 Å². The molecule has 0 atom stereocenters. The fourth-order valence-corrected chi connectivity index (χ4v) is 2.76. The van der Waals surface area contributed by atoms with Crippen molar-refractivity contribution in [2.75, 3.05) is 44.2 Å². The van der Waals surface area contributed by atoms with Crippen molar-refractivity contribution in [1.29, 1.82) is 0 Å². The van der Waals surface area contributed by atoms with Gasteiger partial charge in [-0.25, -0.2) is 0 Å². The number of amides is 1. The first-order chi connectivity index (χ1) is 10.3. The van der Waals surface area contributed by atoms with E-state index in [1.165, 1.54) is 0 Å². The zero-order valence-electron chi connectivity index (χ0n) is 12.1. The summed E-state index contributed by atoms with van der Waals surface area (Å²) in [6.07, 6.45) is 1.60. The molecule has 1 N–H and O–H groups in total. The van der Waals surface area contributed by atoms with Crippen molar-refractivity contribution in [3.63, 3.8) is 0 Å². The van der Waals surface area contributed by atoms with Gasteiger partial charge in [0, 0.05) is 39.3 Å². The summed E-state index contributed by atoms with van der Waals surface area (Å²) in [5.74, 6) is 1.37. The van der Waals surface area contributed by atoms with Crippen LogP contribution in [0.4, 0.5) is 5.82 Å². The molecule has 2 aromatic heterocycles. The van der Waals surface area contributed by atoms with Crippen molar-refractivity contribution in [1.82, 2.24) is 30.0 Å². The van der Waals surface area contributed by atoms with Gasteiger partial charge >= 0.3 is 0 Å². The van der Waals surface area contributed by atoms with Crippen LogP contribution in [0, 0.1) is 5.92 Å². The van der Waals surface area contributed by atoms with Gasteiger partial charge in [0.2, 0.25) is 5.91 Å². The van der Waals surface area contributed by atoms with E-state index >= 15 is 0 Å². The quantitative estimate of drug-likeness (QED) is 0.796. The summed E-state index contributed by atoms with van der Waals surface area (Å²) in [6.45, 7) is 4.79. The standard InChI is InChI=1S/C13H17N7O.ClH/c21-13(10-7-14-8-10)19-5-3-18(4-6-19)12-2-1-11-16-15-9-20(11)17-12;/h1-2,9-10,14H,3-8H2;1H. The number of hydrogen-bond donors (Lipinski definition) is 1. The van der Waals surface area contributed by atoms with Crippen LogP contribution in [0.2, 0.25) is 0 Å². The molecule has 0 bridgehead atoms. The SMILES string of the molecule is Cl.O=C(C1CNC1)N1CCN(c2ccc3nncn3n2)CC1. The van der Waals surface area contributed by atoms with Gasteiger partial charge in [0.1, 0.15) is 12.1 Å². The minimum absolute atomic E-state index is 0. The van der Waals surface area contributed by atoms with Crippen molar-refractivity contribution >= 4 is 29.8 Å². The van der Waals surface area contributed by atoms with E-state index in [4.69, 9.17) is 0 Å². The van der Waals surface area contributed by atoms with E-state index in [0.717, 1.165) is 50.7 Å². The maximum absolute atomic E-state index is 12.2. The Hall–Kier alpha value is -1.93. The number of nitrogens with zero attached hydrogens (tertiary/aromatic N) is 6. The highest BCUT2D eigenvalue weighted by atomic mass is 35.5. The minimum Gasteiger partial charge on any atom is -0.352 e. The molecule has 0 radical (unpaired) electrons. The van der Waals surface area contributed by atoms with Gasteiger partial charge in [0.15, 0.2) is 5.65 Å². The van der Waals surface area contributed by atoms with Crippen LogP contribution in [0.5, 0.6) is 0 Å². The molecule has 0 saturated carbocycles. The summed E-state index contributed by atoms with van der Waals surface area (Å²) in [5.41, 5.74) is 0.741. The van der Waals surface area contributed by atoms with Crippen LogP contribution >= 0.6 is 12.4 Å². The highest BCUT2D eigenvalue weighted by Crippen LogP contribution is 2.16. The first-order valence-corrected chi connectivity index (χ1v) is 7.23. The summed E-state index contributed by atoms with van der Waals surface area (Å²) in [7, 11) is 0. The number of carbonyl (C=O) groups excluding carboxylic acids is 1. The van der Waals surface area contributed by atoms with E-state index in [-0.39, 0.29) is 24.2 Å². The van der Waals surface area contributed by atoms with Crippen molar-refractivity contribution < 1.29 is 4.79 Å². The zero-order valence-corrected chi connectivity index (χ0v) is 12.9. The predicted octanol–water partition coefficient (Wildman–Crippen LogP) is -0.586. The van der Waals surface area contributed by atoms with E-state index in [1.807, 2.05) is 17.0 Å². The van der Waals surface area contributed by atoms with Crippen molar-refractivity contribution in [2.24, 2.45) is 5.92 Å². The number of rotatable bonds is 2. The summed E-state index contributed by atoms with van der Waals surface area (Å²) < 4.78 is 1.67. The molecule has 118 valence electrons.